The lowest BCUT2D eigenvalue weighted by atomic mass is 10.0. The van der Waals surface area contributed by atoms with E-state index in [1.165, 1.54) is 6.07 Å². The highest BCUT2D eigenvalue weighted by Crippen LogP contribution is 2.27. The summed E-state index contributed by atoms with van der Waals surface area (Å²) < 4.78 is 52.2. The molecule has 0 amide bonds. The Morgan fingerprint density at radius 2 is 1.80 bits per heavy atom. The highest BCUT2D eigenvalue weighted by atomic mass is 19.4. The average Bonchev–Trinajstić information content (AvgIpc) is 1.99. The number of ether oxygens (including phenoxy) is 1. The second-order valence-corrected chi connectivity index (χ2v) is 3.39. The van der Waals surface area contributed by atoms with Crippen molar-refractivity contribution in [1.82, 2.24) is 0 Å². The Balaban J connectivity index is 2.92. The van der Waals surface area contributed by atoms with Crippen LogP contribution in [-0.4, -0.2) is 6.36 Å². The summed E-state index contributed by atoms with van der Waals surface area (Å²) >= 11 is 0. The van der Waals surface area contributed by atoms with Crippen molar-refractivity contribution in [3.63, 3.8) is 0 Å². The molecule has 84 valence electrons. The van der Waals surface area contributed by atoms with E-state index in [4.69, 9.17) is 0 Å². The van der Waals surface area contributed by atoms with Crippen LogP contribution in [-0.2, 0) is 0 Å². The van der Waals surface area contributed by atoms with Crippen LogP contribution in [0.25, 0.3) is 0 Å². The van der Waals surface area contributed by atoms with Gasteiger partial charge in [0.1, 0.15) is 11.6 Å². The molecule has 0 radical (unpaired) electrons. The molecule has 0 saturated heterocycles. The normalized spacial score (nSPS) is 11.9. The zero-order chi connectivity index (χ0) is 11.6. The highest BCUT2D eigenvalue weighted by molar-refractivity contribution is 5.30. The summed E-state index contributed by atoms with van der Waals surface area (Å²) in [7, 11) is 0. The molecule has 0 aromatic heterocycles. The summed E-state index contributed by atoms with van der Waals surface area (Å²) in [4.78, 5) is 0. The largest absolute Gasteiger partial charge is 0.573 e. The second kappa shape index (κ2) is 4.08. The van der Waals surface area contributed by atoms with Crippen LogP contribution in [0.3, 0.4) is 0 Å². The Hall–Kier alpha value is -1.26. The predicted octanol–water partition coefficient (Wildman–Crippen LogP) is 3.85. The van der Waals surface area contributed by atoms with Crippen LogP contribution in [0.1, 0.15) is 25.3 Å². The number of halogens is 4. The Labute approximate surface area is 84.7 Å². The van der Waals surface area contributed by atoms with Crippen LogP contribution in [0.2, 0.25) is 0 Å². The smallest absolute Gasteiger partial charge is 0.406 e. The molecule has 0 bridgehead atoms. The maximum Gasteiger partial charge on any atom is 0.573 e. The number of alkyl halides is 3. The van der Waals surface area contributed by atoms with E-state index in [2.05, 4.69) is 4.74 Å². The molecule has 0 heterocycles. The molecular weight excluding hydrogens is 212 g/mol. The Kier molecular flexibility index (Phi) is 3.21. The quantitative estimate of drug-likeness (QED) is 0.690. The predicted molar refractivity (Wildman–Crippen MR) is 47.2 cm³/mol. The van der Waals surface area contributed by atoms with E-state index in [9.17, 15) is 17.6 Å². The molecule has 1 aromatic carbocycles. The van der Waals surface area contributed by atoms with E-state index in [1.54, 1.807) is 13.8 Å². The maximum absolute atomic E-state index is 13.2. The van der Waals surface area contributed by atoms with Crippen molar-refractivity contribution in [2.75, 3.05) is 0 Å². The van der Waals surface area contributed by atoms with Crippen LogP contribution in [0.15, 0.2) is 18.2 Å². The Morgan fingerprint density at radius 3 is 2.20 bits per heavy atom. The van der Waals surface area contributed by atoms with Gasteiger partial charge in [0.15, 0.2) is 0 Å². The minimum atomic E-state index is -4.79. The molecule has 0 saturated carbocycles. The first kappa shape index (κ1) is 11.8. The molecule has 1 nitrogen and oxygen atoms in total. The first-order chi connectivity index (χ1) is 6.79. The van der Waals surface area contributed by atoms with Crippen molar-refractivity contribution in [2.24, 2.45) is 0 Å². The Bertz CT molecular complexity index is 344. The molecule has 0 aliphatic rings. The third-order valence-corrected chi connectivity index (χ3v) is 1.83. The monoisotopic (exact) mass is 222 g/mol. The van der Waals surface area contributed by atoms with Crippen molar-refractivity contribution in [2.45, 2.75) is 26.1 Å². The first-order valence-electron chi connectivity index (χ1n) is 4.35. The van der Waals surface area contributed by atoms with Gasteiger partial charge in [-0.05, 0) is 17.5 Å². The summed E-state index contributed by atoms with van der Waals surface area (Å²) in [6.45, 7) is 3.51. The molecule has 15 heavy (non-hydrogen) atoms. The number of rotatable bonds is 2. The molecule has 5 heteroatoms. The van der Waals surface area contributed by atoms with E-state index in [-0.39, 0.29) is 5.92 Å². The van der Waals surface area contributed by atoms with E-state index < -0.39 is 17.9 Å². The van der Waals surface area contributed by atoms with Gasteiger partial charge in [-0.3, -0.25) is 0 Å². The summed E-state index contributed by atoms with van der Waals surface area (Å²) in [6.07, 6.45) is -4.79. The molecule has 1 aromatic rings. The Morgan fingerprint density at radius 1 is 1.20 bits per heavy atom. The van der Waals surface area contributed by atoms with Gasteiger partial charge in [-0.2, -0.15) is 0 Å². The molecule has 0 unspecified atom stereocenters. The summed E-state index contributed by atoms with van der Waals surface area (Å²) in [5.41, 5.74) is 0.365. The molecule has 0 atom stereocenters. The fourth-order valence-electron chi connectivity index (χ4n) is 1.17. The van der Waals surface area contributed by atoms with Crippen LogP contribution in [0.4, 0.5) is 17.6 Å². The average molecular weight is 222 g/mol. The minimum absolute atomic E-state index is 0.0788. The van der Waals surface area contributed by atoms with Gasteiger partial charge in [-0.1, -0.05) is 19.9 Å². The lowest BCUT2D eigenvalue weighted by molar-refractivity contribution is -0.274. The van der Waals surface area contributed by atoms with Crippen LogP contribution < -0.4 is 4.74 Å². The van der Waals surface area contributed by atoms with Gasteiger partial charge < -0.3 is 4.74 Å². The van der Waals surface area contributed by atoms with E-state index in [0.29, 0.717) is 5.56 Å². The lowest BCUT2D eigenvalue weighted by Gasteiger charge is -2.11. The van der Waals surface area contributed by atoms with E-state index >= 15 is 0 Å². The van der Waals surface area contributed by atoms with E-state index in [1.807, 2.05) is 0 Å². The standard InChI is InChI=1S/C10H10F4O/c1-6(2)8-4-3-7(5-9(8)11)15-10(12,13)14/h3-6H,1-2H3. The summed E-state index contributed by atoms with van der Waals surface area (Å²) in [5, 5.41) is 0. The van der Waals surface area contributed by atoms with Crippen molar-refractivity contribution < 1.29 is 22.3 Å². The number of hydrogen-bond acceptors (Lipinski definition) is 1. The third kappa shape index (κ3) is 3.42. The number of hydrogen-bond donors (Lipinski definition) is 0. The van der Waals surface area contributed by atoms with Crippen LogP contribution in [0, 0.1) is 5.82 Å². The highest BCUT2D eigenvalue weighted by Gasteiger charge is 2.31. The van der Waals surface area contributed by atoms with Crippen molar-refractivity contribution in [3.8, 4) is 5.75 Å². The molecule has 0 aliphatic heterocycles. The number of benzene rings is 1. The van der Waals surface area contributed by atoms with Gasteiger partial charge in [0.05, 0.1) is 0 Å². The van der Waals surface area contributed by atoms with Gasteiger partial charge in [0.25, 0.3) is 0 Å². The lowest BCUT2D eigenvalue weighted by Crippen LogP contribution is -2.17. The zero-order valence-electron chi connectivity index (χ0n) is 8.23. The zero-order valence-corrected chi connectivity index (χ0v) is 8.23. The minimum Gasteiger partial charge on any atom is -0.406 e. The maximum atomic E-state index is 13.2. The molecule has 0 N–H and O–H groups in total. The van der Waals surface area contributed by atoms with Gasteiger partial charge in [0, 0.05) is 6.07 Å². The molecular formula is C10H10F4O. The van der Waals surface area contributed by atoms with Gasteiger partial charge in [0.2, 0.25) is 0 Å². The van der Waals surface area contributed by atoms with Gasteiger partial charge >= 0.3 is 6.36 Å². The summed E-state index contributed by atoms with van der Waals surface area (Å²) in [6, 6.07) is 3.13. The molecule has 1 rings (SSSR count). The van der Waals surface area contributed by atoms with Gasteiger partial charge in [-0.25, -0.2) is 4.39 Å². The second-order valence-electron chi connectivity index (χ2n) is 3.39. The molecule has 0 aliphatic carbocycles. The fraction of sp³-hybridized carbons (Fsp3) is 0.400. The van der Waals surface area contributed by atoms with Crippen LogP contribution >= 0.6 is 0 Å². The van der Waals surface area contributed by atoms with E-state index in [0.717, 1.165) is 12.1 Å². The van der Waals surface area contributed by atoms with Gasteiger partial charge in [-0.15, -0.1) is 13.2 Å². The third-order valence-electron chi connectivity index (χ3n) is 1.83. The fourth-order valence-corrected chi connectivity index (χ4v) is 1.17. The van der Waals surface area contributed by atoms with Crippen LogP contribution in [0.5, 0.6) is 5.75 Å². The van der Waals surface area contributed by atoms with Crippen molar-refractivity contribution in [3.05, 3.63) is 29.6 Å². The van der Waals surface area contributed by atoms with Crippen molar-refractivity contribution in [1.29, 1.82) is 0 Å². The topological polar surface area (TPSA) is 9.23 Å². The summed E-state index contributed by atoms with van der Waals surface area (Å²) in [5.74, 6) is -1.30. The first-order valence-corrected chi connectivity index (χ1v) is 4.35. The van der Waals surface area contributed by atoms with Crippen molar-refractivity contribution >= 4 is 0 Å². The molecule has 0 spiro atoms. The SMILES string of the molecule is CC(C)c1ccc(OC(F)(F)F)cc1F. The molecule has 0 fully saturated rings.